The average molecular weight is 366 g/mol. The van der Waals surface area contributed by atoms with Gasteiger partial charge in [0.05, 0.1) is 6.67 Å². The Morgan fingerprint density at radius 2 is 1.67 bits per heavy atom. The highest BCUT2D eigenvalue weighted by Gasteiger charge is 2.39. The SMILES string of the molecule is O=C1N[C@@H](Cc2ccccc2)C(=O)N1CN1CCN(c2ncccn2)CC1. The summed E-state index contributed by atoms with van der Waals surface area (Å²) in [6.07, 6.45) is 3.98. The highest BCUT2D eigenvalue weighted by molar-refractivity contribution is 6.04. The van der Waals surface area contributed by atoms with Crippen molar-refractivity contribution in [3.05, 3.63) is 54.4 Å². The third kappa shape index (κ3) is 3.90. The minimum atomic E-state index is -0.487. The van der Waals surface area contributed by atoms with Crippen LogP contribution in [0.1, 0.15) is 5.56 Å². The largest absolute Gasteiger partial charge is 0.338 e. The molecule has 1 atom stereocenters. The van der Waals surface area contributed by atoms with Gasteiger partial charge in [0.2, 0.25) is 5.95 Å². The first-order valence-electron chi connectivity index (χ1n) is 9.11. The summed E-state index contributed by atoms with van der Waals surface area (Å²) in [7, 11) is 0. The van der Waals surface area contributed by atoms with Crippen molar-refractivity contribution < 1.29 is 9.59 Å². The molecule has 1 aromatic heterocycles. The van der Waals surface area contributed by atoms with E-state index in [1.165, 1.54) is 4.90 Å². The van der Waals surface area contributed by atoms with Crippen molar-refractivity contribution in [2.24, 2.45) is 0 Å². The Bertz CT molecular complexity index is 792. The number of urea groups is 1. The number of imide groups is 1. The maximum atomic E-state index is 12.7. The summed E-state index contributed by atoms with van der Waals surface area (Å²) in [6, 6.07) is 10.7. The van der Waals surface area contributed by atoms with Crippen molar-refractivity contribution in [1.82, 2.24) is 25.1 Å². The first-order valence-corrected chi connectivity index (χ1v) is 9.11. The lowest BCUT2D eigenvalue weighted by Gasteiger charge is -2.35. The predicted molar refractivity (Wildman–Crippen MR) is 100.0 cm³/mol. The molecule has 0 bridgehead atoms. The summed E-state index contributed by atoms with van der Waals surface area (Å²) in [5, 5.41) is 2.81. The van der Waals surface area contributed by atoms with E-state index in [-0.39, 0.29) is 11.9 Å². The van der Waals surface area contributed by atoms with Gasteiger partial charge in [0.25, 0.3) is 5.91 Å². The number of aromatic nitrogens is 2. The molecule has 8 heteroatoms. The van der Waals surface area contributed by atoms with Gasteiger partial charge in [-0.1, -0.05) is 30.3 Å². The first-order chi connectivity index (χ1) is 13.2. The zero-order valence-corrected chi connectivity index (χ0v) is 15.0. The van der Waals surface area contributed by atoms with Crippen LogP contribution in [-0.2, 0) is 11.2 Å². The molecule has 0 radical (unpaired) electrons. The molecule has 3 heterocycles. The second kappa shape index (κ2) is 7.71. The number of carbonyl (C=O) groups is 2. The van der Waals surface area contributed by atoms with Crippen molar-refractivity contribution in [1.29, 1.82) is 0 Å². The Labute approximate surface area is 157 Å². The molecule has 27 heavy (non-hydrogen) atoms. The zero-order valence-electron chi connectivity index (χ0n) is 15.0. The number of rotatable bonds is 5. The molecule has 3 amide bonds. The lowest BCUT2D eigenvalue weighted by atomic mass is 10.1. The fraction of sp³-hybridized carbons (Fsp3) is 0.368. The Hall–Kier alpha value is -3.00. The van der Waals surface area contributed by atoms with Crippen molar-refractivity contribution in [3.63, 3.8) is 0 Å². The van der Waals surface area contributed by atoms with Crippen molar-refractivity contribution in [3.8, 4) is 0 Å². The average Bonchev–Trinajstić information content (AvgIpc) is 2.97. The molecular weight excluding hydrogens is 344 g/mol. The molecule has 2 fully saturated rings. The smallest absolute Gasteiger partial charge is 0.325 e. The number of amides is 3. The standard InChI is InChI=1S/C19H22N6O2/c26-17-16(13-15-5-2-1-3-6-15)22-19(27)25(17)14-23-9-11-24(12-10-23)18-20-7-4-8-21-18/h1-8,16H,9-14H2,(H,22,27)/t16-/m0/s1. The number of hydrogen-bond donors (Lipinski definition) is 1. The van der Waals surface area contributed by atoms with Gasteiger partial charge in [-0.3, -0.25) is 9.69 Å². The molecule has 1 N–H and O–H groups in total. The van der Waals surface area contributed by atoms with Crippen LogP contribution in [0.3, 0.4) is 0 Å². The van der Waals surface area contributed by atoms with Crippen molar-refractivity contribution >= 4 is 17.9 Å². The van der Waals surface area contributed by atoms with Crippen LogP contribution in [0.25, 0.3) is 0 Å². The van der Waals surface area contributed by atoms with Crippen LogP contribution in [0.5, 0.6) is 0 Å². The predicted octanol–water partition coefficient (Wildman–Crippen LogP) is 0.719. The van der Waals surface area contributed by atoms with E-state index in [0.29, 0.717) is 13.1 Å². The number of carbonyl (C=O) groups excluding carboxylic acids is 2. The maximum Gasteiger partial charge on any atom is 0.325 e. The second-order valence-corrected chi connectivity index (χ2v) is 6.75. The summed E-state index contributed by atoms with van der Waals surface area (Å²) < 4.78 is 0. The molecule has 4 rings (SSSR count). The minimum absolute atomic E-state index is 0.155. The Morgan fingerprint density at radius 3 is 2.37 bits per heavy atom. The summed E-state index contributed by atoms with van der Waals surface area (Å²) in [5.74, 6) is 0.563. The van der Waals surface area contributed by atoms with E-state index in [0.717, 1.165) is 37.7 Å². The van der Waals surface area contributed by atoms with E-state index in [1.807, 2.05) is 30.3 Å². The van der Waals surface area contributed by atoms with Gasteiger partial charge < -0.3 is 10.2 Å². The summed E-state index contributed by atoms with van der Waals surface area (Å²) >= 11 is 0. The fourth-order valence-corrected chi connectivity index (χ4v) is 3.44. The molecular formula is C19H22N6O2. The third-order valence-electron chi connectivity index (χ3n) is 4.94. The minimum Gasteiger partial charge on any atom is -0.338 e. The number of nitrogens with one attached hydrogen (secondary N) is 1. The first kappa shape index (κ1) is 17.4. The van der Waals surface area contributed by atoms with Crippen LogP contribution < -0.4 is 10.2 Å². The monoisotopic (exact) mass is 366 g/mol. The Balaban J connectivity index is 1.32. The number of piperazine rings is 1. The molecule has 2 aliphatic heterocycles. The van der Waals surface area contributed by atoms with E-state index < -0.39 is 6.04 Å². The summed E-state index contributed by atoms with van der Waals surface area (Å²) in [4.78, 5) is 39.0. The molecule has 140 valence electrons. The van der Waals surface area contributed by atoms with Gasteiger partial charge in [-0.05, 0) is 11.6 Å². The Morgan fingerprint density at radius 1 is 0.963 bits per heavy atom. The third-order valence-corrected chi connectivity index (χ3v) is 4.94. The summed E-state index contributed by atoms with van der Waals surface area (Å²) in [5.41, 5.74) is 1.04. The fourth-order valence-electron chi connectivity index (χ4n) is 3.44. The lowest BCUT2D eigenvalue weighted by molar-refractivity contribution is -0.129. The molecule has 8 nitrogen and oxygen atoms in total. The van der Waals surface area contributed by atoms with Crippen molar-refractivity contribution in [2.75, 3.05) is 37.7 Å². The quantitative estimate of drug-likeness (QED) is 0.786. The number of nitrogens with zero attached hydrogens (tertiary/aromatic N) is 5. The molecule has 0 unspecified atom stereocenters. The molecule has 2 aliphatic rings. The highest BCUT2D eigenvalue weighted by Crippen LogP contribution is 2.15. The van der Waals surface area contributed by atoms with Gasteiger partial charge in [0.15, 0.2) is 0 Å². The molecule has 2 saturated heterocycles. The molecule has 0 aliphatic carbocycles. The zero-order chi connectivity index (χ0) is 18.6. The Kier molecular flexibility index (Phi) is 4.97. The molecule has 0 saturated carbocycles. The van der Waals surface area contributed by atoms with Crippen molar-refractivity contribution in [2.45, 2.75) is 12.5 Å². The van der Waals surface area contributed by atoms with Crippen LogP contribution in [0.15, 0.2) is 48.8 Å². The van der Waals surface area contributed by atoms with Crippen LogP contribution in [-0.4, -0.2) is 70.6 Å². The van der Waals surface area contributed by atoms with Crippen LogP contribution in [0.2, 0.25) is 0 Å². The molecule has 2 aromatic rings. The van der Waals surface area contributed by atoms with E-state index in [9.17, 15) is 9.59 Å². The maximum absolute atomic E-state index is 12.7. The number of hydrogen-bond acceptors (Lipinski definition) is 6. The number of anilines is 1. The van der Waals surface area contributed by atoms with E-state index in [4.69, 9.17) is 0 Å². The van der Waals surface area contributed by atoms with Gasteiger partial charge >= 0.3 is 6.03 Å². The van der Waals surface area contributed by atoms with Gasteiger partial charge in [-0.2, -0.15) is 0 Å². The topological polar surface area (TPSA) is 81.7 Å². The summed E-state index contributed by atoms with van der Waals surface area (Å²) in [6.45, 7) is 3.35. The van der Waals surface area contributed by atoms with E-state index in [1.54, 1.807) is 18.5 Å². The van der Waals surface area contributed by atoms with Gasteiger partial charge in [0.1, 0.15) is 6.04 Å². The van der Waals surface area contributed by atoms with E-state index >= 15 is 0 Å². The number of benzene rings is 1. The van der Waals surface area contributed by atoms with Gasteiger partial charge in [-0.15, -0.1) is 0 Å². The highest BCUT2D eigenvalue weighted by atomic mass is 16.2. The van der Waals surface area contributed by atoms with E-state index in [2.05, 4.69) is 25.1 Å². The van der Waals surface area contributed by atoms with Gasteiger partial charge in [-0.25, -0.2) is 19.7 Å². The van der Waals surface area contributed by atoms with Crippen LogP contribution >= 0.6 is 0 Å². The van der Waals surface area contributed by atoms with Crippen LogP contribution in [0.4, 0.5) is 10.7 Å². The molecule has 1 aromatic carbocycles. The van der Waals surface area contributed by atoms with Crippen LogP contribution in [0, 0.1) is 0 Å². The normalized spacial score (nSPS) is 20.8. The lowest BCUT2D eigenvalue weighted by Crippen LogP contribution is -2.51. The second-order valence-electron chi connectivity index (χ2n) is 6.75. The molecule has 0 spiro atoms. The van der Waals surface area contributed by atoms with Gasteiger partial charge in [0, 0.05) is 45.0 Å².